The van der Waals surface area contributed by atoms with Gasteiger partial charge in [-0.1, -0.05) is 66.7 Å². The van der Waals surface area contributed by atoms with Gasteiger partial charge in [-0.25, -0.2) is 18.0 Å². The molecule has 7 nitrogen and oxygen atoms in total. The van der Waals surface area contributed by atoms with Gasteiger partial charge in [0.2, 0.25) is 18.0 Å². The molecule has 1 N–H and O–H groups in total. The fourth-order valence-corrected chi connectivity index (χ4v) is 4.47. The summed E-state index contributed by atoms with van der Waals surface area (Å²) in [6, 6.07) is 26.1. The van der Waals surface area contributed by atoms with Crippen LogP contribution in [0.15, 0.2) is 91.0 Å². The first-order valence-corrected chi connectivity index (χ1v) is 13.0. The highest BCUT2D eigenvalue weighted by Crippen LogP contribution is 2.37. The third-order valence-electron chi connectivity index (χ3n) is 6.56. The highest BCUT2D eigenvalue weighted by Gasteiger charge is 2.50. The van der Waals surface area contributed by atoms with Crippen molar-refractivity contribution in [3.05, 3.63) is 108 Å². The second kappa shape index (κ2) is 12.2. The maximum absolute atomic E-state index is 15.2. The van der Waals surface area contributed by atoms with Crippen LogP contribution in [-0.2, 0) is 13.2 Å². The molecule has 1 unspecified atom stereocenters. The first kappa shape index (κ1) is 27.8. The quantitative estimate of drug-likeness (QED) is 0.232. The molecule has 1 aromatic heterocycles. The summed E-state index contributed by atoms with van der Waals surface area (Å²) in [6.45, 7) is 0.335. The van der Waals surface area contributed by atoms with E-state index in [2.05, 4.69) is 4.98 Å². The van der Waals surface area contributed by atoms with E-state index >= 15 is 4.39 Å². The number of piperidine rings is 1. The molecule has 5 rings (SSSR count). The molecular weight excluding hydrogens is 537 g/mol. The van der Waals surface area contributed by atoms with Gasteiger partial charge in [-0.05, 0) is 41.3 Å². The lowest BCUT2D eigenvalue weighted by Gasteiger charge is -2.38. The Morgan fingerprint density at radius 1 is 0.927 bits per heavy atom. The minimum atomic E-state index is -3.47. The van der Waals surface area contributed by atoms with Gasteiger partial charge in [0.1, 0.15) is 13.2 Å². The molecule has 0 aliphatic carbocycles. The van der Waals surface area contributed by atoms with Gasteiger partial charge >= 0.3 is 12.0 Å². The van der Waals surface area contributed by atoms with Crippen LogP contribution in [0, 0.1) is 5.82 Å². The average Bonchev–Trinajstić information content (AvgIpc) is 2.97. The Labute approximate surface area is 234 Å². The summed E-state index contributed by atoms with van der Waals surface area (Å²) < 4.78 is 61.4. The van der Waals surface area contributed by atoms with Crippen LogP contribution in [0.1, 0.15) is 24.0 Å². The Kier molecular flexibility index (Phi) is 8.28. The van der Waals surface area contributed by atoms with Gasteiger partial charge in [0.15, 0.2) is 11.6 Å². The van der Waals surface area contributed by atoms with Crippen molar-refractivity contribution >= 4 is 6.09 Å². The van der Waals surface area contributed by atoms with Crippen molar-refractivity contribution in [3.8, 4) is 28.6 Å². The fraction of sp³-hybridized carbons (Fsp3) is 0.226. The zero-order valence-electron chi connectivity index (χ0n) is 21.9. The molecule has 0 bridgehead atoms. The maximum Gasteiger partial charge on any atom is 0.410 e. The molecule has 2 heterocycles. The zero-order valence-corrected chi connectivity index (χ0v) is 21.9. The van der Waals surface area contributed by atoms with Gasteiger partial charge in [-0.2, -0.15) is 4.98 Å². The summed E-state index contributed by atoms with van der Waals surface area (Å²) in [5, 5.41) is 9.36. The highest BCUT2D eigenvalue weighted by atomic mass is 19.3. The summed E-state index contributed by atoms with van der Waals surface area (Å²) in [4.78, 5) is 16.5. The van der Waals surface area contributed by atoms with Crippen molar-refractivity contribution in [2.75, 3.05) is 6.54 Å². The summed E-state index contributed by atoms with van der Waals surface area (Å²) in [5.41, 5.74) is 2.63. The number of ether oxygens (including phenoxy) is 3. The van der Waals surface area contributed by atoms with Crippen LogP contribution in [0.25, 0.3) is 11.1 Å². The molecule has 1 fully saturated rings. The number of pyridine rings is 1. The van der Waals surface area contributed by atoms with Gasteiger partial charge in [0, 0.05) is 24.6 Å². The second-order valence-corrected chi connectivity index (χ2v) is 9.51. The van der Waals surface area contributed by atoms with Crippen LogP contribution in [0.4, 0.5) is 18.0 Å². The summed E-state index contributed by atoms with van der Waals surface area (Å²) in [6.07, 6.45) is -4.29. The molecule has 10 heteroatoms. The molecule has 0 radical (unpaired) electrons. The predicted octanol–water partition coefficient (Wildman–Crippen LogP) is 7.16. The fourth-order valence-electron chi connectivity index (χ4n) is 4.47. The van der Waals surface area contributed by atoms with E-state index in [1.54, 1.807) is 12.1 Å². The summed E-state index contributed by atoms with van der Waals surface area (Å²) >= 11 is 0. The van der Waals surface area contributed by atoms with Crippen molar-refractivity contribution in [1.82, 2.24) is 9.88 Å². The standard InChI is InChI=1S/C31H27F3N2O5/c32-25-18-23(12-14-26(25)41-29-31(33,34)16-7-17-36(29)30(37)38)24-13-15-27(39-19-21-8-3-1-4-9-21)35-28(24)40-20-22-10-5-2-6-11-22/h1-6,8-15,18,29H,7,16-17,19-20H2,(H,37,38). The molecule has 1 aliphatic rings. The molecule has 1 atom stereocenters. The Morgan fingerprint density at radius 3 is 2.22 bits per heavy atom. The number of carboxylic acid groups (broad SMARTS) is 1. The van der Waals surface area contributed by atoms with E-state index in [0.717, 1.165) is 17.2 Å². The van der Waals surface area contributed by atoms with E-state index in [4.69, 9.17) is 14.2 Å². The number of carbonyl (C=O) groups is 1. The maximum atomic E-state index is 15.2. The smallest absolute Gasteiger partial charge is 0.410 e. The molecule has 1 amide bonds. The molecular formula is C31H27F3N2O5. The molecule has 41 heavy (non-hydrogen) atoms. The van der Waals surface area contributed by atoms with E-state index in [-0.39, 0.29) is 32.1 Å². The number of benzene rings is 3. The van der Waals surface area contributed by atoms with Crippen molar-refractivity contribution in [3.63, 3.8) is 0 Å². The molecule has 212 valence electrons. The van der Waals surface area contributed by atoms with E-state index in [9.17, 15) is 18.7 Å². The van der Waals surface area contributed by atoms with Crippen LogP contribution in [0.3, 0.4) is 0 Å². The molecule has 4 aromatic rings. The number of aromatic nitrogens is 1. The van der Waals surface area contributed by atoms with Gasteiger partial charge in [-0.3, -0.25) is 4.90 Å². The number of halogens is 3. The lowest BCUT2D eigenvalue weighted by atomic mass is 10.0. The number of rotatable bonds is 9. The van der Waals surface area contributed by atoms with Crippen LogP contribution in [0.2, 0.25) is 0 Å². The Bertz CT molecular complexity index is 1490. The van der Waals surface area contributed by atoms with E-state index in [1.807, 2.05) is 60.7 Å². The minimum absolute atomic E-state index is 0.0234. The van der Waals surface area contributed by atoms with Crippen molar-refractivity contribution < 1.29 is 37.3 Å². The Hall–Kier alpha value is -4.73. The molecule has 0 saturated carbocycles. The first-order chi connectivity index (χ1) is 19.8. The number of hydrogen-bond donors (Lipinski definition) is 1. The van der Waals surface area contributed by atoms with Gasteiger partial charge in [-0.15, -0.1) is 0 Å². The van der Waals surface area contributed by atoms with Crippen LogP contribution >= 0.6 is 0 Å². The van der Waals surface area contributed by atoms with Crippen LogP contribution in [0.5, 0.6) is 17.5 Å². The number of alkyl halides is 2. The minimum Gasteiger partial charge on any atom is -0.473 e. The molecule has 3 aromatic carbocycles. The number of hydrogen-bond acceptors (Lipinski definition) is 5. The lowest BCUT2D eigenvalue weighted by molar-refractivity contribution is -0.176. The van der Waals surface area contributed by atoms with Gasteiger partial charge in [0.05, 0.1) is 0 Å². The highest BCUT2D eigenvalue weighted by molar-refractivity contribution is 5.70. The van der Waals surface area contributed by atoms with E-state index in [0.29, 0.717) is 21.9 Å². The average molecular weight is 565 g/mol. The predicted molar refractivity (Wildman–Crippen MR) is 145 cm³/mol. The normalized spacial score (nSPS) is 16.2. The number of amides is 1. The largest absolute Gasteiger partial charge is 0.473 e. The third-order valence-corrected chi connectivity index (χ3v) is 6.56. The van der Waals surface area contributed by atoms with Crippen LogP contribution < -0.4 is 14.2 Å². The summed E-state index contributed by atoms with van der Waals surface area (Å²) in [5.74, 6) is -4.42. The van der Waals surface area contributed by atoms with E-state index in [1.165, 1.54) is 12.1 Å². The van der Waals surface area contributed by atoms with Crippen molar-refractivity contribution in [2.24, 2.45) is 0 Å². The monoisotopic (exact) mass is 564 g/mol. The summed E-state index contributed by atoms with van der Waals surface area (Å²) in [7, 11) is 0. The van der Waals surface area contributed by atoms with Crippen molar-refractivity contribution in [1.29, 1.82) is 0 Å². The topological polar surface area (TPSA) is 81.1 Å². The first-order valence-electron chi connectivity index (χ1n) is 13.0. The number of likely N-dealkylation sites (tertiary alicyclic amines) is 1. The molecule has 1 saturated heterocycles. The Balaban J connectivity index is 1.41. The lowest BCUT2D eigenvalue weighted by Crippen LogP contribution is -2.57. The van der Waals surface area contributed by atoms with E-state index < -0.39 is 36.2 Å². The third kappa shape index (κ3) is 6.71. The van der Waals surface area contributed by atoms with Crippen LogP contribution in [-0.4, -0.2) is 39.8 Å². The second-order valence-electron chi connectivity index (χ2n) is 9.51. The SMILES string of the molecule is O=C(O)N1CCCC(F)(F)C1Oc1ccc(-c2ccc(OCc3ccccc3)nc2OCc2ccccc2)cc1F. The van der Waals surface area contributed by atoms with Crippen molar-refractivity contribution in [2.45, 2.75) is 38.2 Å². The molecule has 0 spiro atoms. The molecule has 1 aliphatic heterocycles. The van der Waals surface area contributed by atoms with Gasteiger partial charge < -0.3 is 19.3 Å². The number of nitrogens with zero attached hydrogens (tertiary/aromatic N) is 2. The Morgan fingerprint density at radius 2 is 1.59 bits per heavy atom. The van der Waals surface area contributed by atoms with Gasteiger partial charge in [0.25, 0.3) is 0 Å². The zero-order chi connectivity index (χ0) is 28.8.